The lowest BCUT2D eigenvalue weighted by Gasteiger charge is -2.05. The monoisotopic (exact) mass is 115 g/mol. The third-order valence-electron chi connectivity index (χ3n) is 1.65. The molecule has 8 heavy (non-hydrogen) atoms. The molecule has 1 heterocycles. The molecule has 0 saturated carbocycles. The van der Waals surface area contributed by atoms with Gasteiger partial charge in [0.1, 0.15) is 0 Å². The van der Waals surface area contributed by atoms with E-state index < -0.39 is 0 Å². The standard InChI is InChI=1S/C6H13NO/c1-4-3-6(7)5(2)8-4/h4-6H,3,7H2,1-2H3/t4-,5+,6+/m1/s1. The smallest absolute Gasteiger partial charge is 0.0702 e. The molecule has 1 aliphatic heterocycles. The Morgan fingerprint density at radius 1 is 1.50 bits per heavy atom. The Bertz CT molecular complexity index is 74.6. The molecule has 2 nitrogen and oxygen atoms in total. The zero-order chi connectivity index (χ0) is 6.15. The molecule has 3 atom stereocenters. The second kappa shape index (κ2) is 2.03. The lowest BCUT2D eigenvalue weighted by atomic mass is 10.1. The Labute approximate surface area is 50.0 Å². The maximum absolute atomic E-state index is 5.64. The van der Waals surface area contributed by atoms with E-state index in [0.717, 1.165) is 6.42 Å². The Kier molecular flexibility index (Phi) is 1.54. The summed E-state index contributed by atoms with van der Waals surface area (Å²) in [6.07, 6.45) is 1.66. The summed E-state index contributed by atoms with van der Waals surface area (Å²) in [4.78, 5) is 0. The average molecular weight is 115 g/mol. The van der Waals surface area contributed by atoms with Crippen LogP contribution in [-0.2, 0) is 4.74 Å². The van der Waals surface area contributed by atoms with Crippen molar-refractivity contribution in [3.63, 3.8) is 0 Å². The van der Waals surface area contributed by atoms with E-state index in [1.165, 1.54) is 0 Å². The van der Waals surface area contributed by atoms with Crippen LogP contribution >= 0.6 is 0 Å². The molecule has 48 valence electrons. The SMILES string of the molecule is C[C@@H]1C[C@H](N)[C@H](C)O1. The van der Waals surface area contributed by atoms with Gasteiger partial charge in [0.05, 0.1) is 12.2 Å². The van der Waals surface area contributed by atoms with Gasteiger partial charge in [-0.05, 0) is 20.3 Å². The third kappa shape index (κ3) is 1.01. The van der Waals surface area contributed by atoms with E-state index in [1.807, 2.05) is 6.92 Å². The maximum Gasteiger partial charge on any atom is 0.0702 e. The molecule has 1 aliphatic rings. The second-order valence-electron chi connectivity index (χ2n) is 2.55. The van der Waals surface area contributed by atoms with E-state index in [9.17, 15) is 0 Å². The third-order valence-corrected chi connectivity index (χ3v) is 1.65. The average Bonchev–Trinajstić information content (AvgIpc) is 1.85. The quantitative estimate of drug-likeness (QED) is 0.499. The van der Waals surface area contributed by atoms with Crippen LogP contribution in [0.2, 0.25) is 0 Å². The van der Waals surface area contributed by atoms with E-state index in [2.05, 4.69) is 6.92 Å². The first-order chi connectivity index (χ1) is 3.70. The molecule has 0 unspecified atom stereocenters. The van der Waals surface area contributed by atoms with E-state index in [1.54, 1.807) is 0 Å². The molecule has 0 aromatic heterocycles. The van der Waals surface area contributed by atoms with E-state index in [-0.39, 0.29) is 12.1 Å². The molecule has 2 N–H and O–H groups in total. The Morgan fingerprint density at radius 2 is 2.12 bits per heavy atom. The zero-order valence-corrected chi connectivity index (χ0v) is 5.42. The molecule has 0 spiro atoms. The van der Waals surface area contributed by atoms with Crippen molar-refractivity contribution in [3.05, 3.63) is 0 Å². The van der Waals surface area contributed by atoms with Gasteiger partial charge in [0.15, 0.2) is 0 Å². The Balaban J connectivity index is 2.39. The lowest BCUT2D eigenvalue weighted by molar-refractivity contribution is 0.0637. The van der Waals surface area contributed by atoms with Crippen molar-refractivity contribution in [2.45, 2.75) is 38.5 Å². The van der Waals surface area contributed by atoms with Crippen molar-refractivity contribution in [3.8, 4) is 0 Å². The minimum atomic E-state index is 0.269. The van der Waals surface area contributed by atoms with Gasteiger partial charge in [0.2, 0.25) is 0 Å². The molecule has 1 fully saturated rings. The van der Waals surface area contributed by atoms with Crippen LogP contribution in [0.25, 0.3) is 0 Å². The van der Waals surface area contributed by atoms with Crippen molar-refractivity contribution in [1.82, 2.24) is 0 Å². The summed E-state index contributed by atoms with van der Waals surface area (Å²) in [6, 6.07) is 0.269. The van der Waals surface area contributed by atoms with Crippen molar-refractivity contribution in [1.29, 1.82) is 0 Å². The predicted octanol–water partition coefficient (Wildman–Crippen LogP) is 0.511. The fourth-order valence-electron chi connectivity index (χ4n) is 1.10. The summed E-state index contributed by atoms with van der Waals surface area (Å²) in [5, 5.41) is 0. The Hall–Kier alpha value is -0.0800. The van der Waals surface area contributed by atoms with E-state index >= 15 is 0 Å². The van der Waals surface area contributed by atoms with Crippen LogP contribution in [0.15, 0.2) is 0 Å². The number of hydrogen-bond donors (Lipinski definition) is 1. The van der Waals surface area contributed by atoms with Crippen LogP contribution in [0.1, 0.15) is 20.3 Å². The van der Waals surface area contributed by atoms with E-state index in [0.29, 0.717) is 6.10 Å². The molecule has 0 aromatic carbocycles. The highest BCUT2D eigenvalue weighted by Gasteiger charge is 2.25. The summed E-state index contributed by atoms with van der Waals surface area (Å²) in [5.74, 6) is 0. The first kappa shape index (κ1) is 6.05. The molecule has 0 radical (unpaired) electrons. The van der Waals surface area contributed by atoms with Gasteiger partial charge in [-0.2, -0.15) is 0 Å². The molecular formula is C6H13NO. The minimum Gasteiger partial charge on any atom is -0.374 e. The van der Waals surface area contributed by atoms with Crippen LogP contribution in [-0.4, -0.2) is 18.2 Å². The molecule has 0 bridgehead atoms. The van der Waals surface area contributed by atoms with Gasteiger partial charge in [0.25, 0.3) is 0 Å². The largest absolute Gasteiger partial charge is 0.374 e. The summed E-state index contributed by atoms with van der Waals surface area (Å²) >= 11 is 0. The van der Waals surface area contributed by atoms with E-state index in [4.69, 9.17) is 10.5 Å². The van der Waals surface area contributed by atoms with Gasteiger partial charge in [-0.1, -0.05) is 0 Å². The molecule has 0 aromatic rings. The maximum atomic E-state index is 5.64. The van der Waals surface area contributed by atoms with Gasteiger partial charge < -0.3 is 10.5 Å². The molecular weight excluding hydrogens is 102 g/mol. The van der Waals surface area contributed by atoms with Crippen LogP contribution < -0.4 is 5.73 Å². The highest BCUT2D eigenvalue weighted by atomic mass is 16.5. The summed E-state index contributed by atoms with van der Waals surface area (Å²) in [7, 11) is 0. The molecule has 2 heteroatoms. The lowest BCUT2D eigenvalue weighted by Crippen LogP contribution is -2.26. The molecule has 0 aliphatic carbocycles. The molecule has 0 amide bonds. The predicted molar refractivity (Wildman–Crippen MR) is 32.6 cm³/mol. The first-order valence-corrected chi connectivity index (χ1v) is 3.11. The van der Waals surface area contributed by atoms with Gasteiger partial charge in [0, 0.05) is 6.04 Å². The number of ether oxygens (including phenoxy) is 1. The number of hydrogen-bond acceptors (Lipinski definition) is 2. The summed E-state index contributed by atoms with van der Waals surface area (Å²) in [6.45, 7) is 4.08. The van der Waals surface area contributed by atoms with Crippen molar-refractivity contribution < 1.29 is 4.74 Å². The van der Waals surface area contributed by atoms with Crippen LogP contribution in [0.4, 0.5) is 0 Å². The second-order valence-corrected chi connectivity index (χ2v) is 2.55. The topological polar surface area (TPSA) is 35.2 Å². The molecule has 1 saturated heterocycles. The normalized spacial score (nSPS) is 47.6. The van der Waals surface area contributed by atoms with Gasteiger partial charge >= 0.3 is 0 Å². The highest BCUT2D eigenvalue weighted by molar-refractivity contribution is 4.79. The number of nitrogens with two attached hydrogens (primary N) is 1. The first-order valence-electron chi connectivity index (χ1n) is 3.11. The van der Waals surface area contributed by atoms with Gasteiger partial charge in [-0.15, -0.1) is 0 Å². The van der Waals surface area contributed by atoms with Crippen LogP contribution in [0.3, 0.4) is 0 Å². The molecule has 1 rings (SSSR count). The fraction of sp³-hybridized carbons (Fsp3) is 1.00. The zero-order valence-electron chi connectivity index (χ0n) is 5.42. The van der Waals surface area contributed by atoms with Crippen molar-refractivity contribution in [2.75, 3.05) is 0 Å². The fourth-order valence-corrected chi connectivity index (χ4v) is 1.10. The Morgan fingerprint density at radius 3 is 2.25 bits per heavy atom. The van der Waals surface area contributed by atoms with Crippen molar-refractivity contribution >= 4 is 0 Å². The van der Waals surface area contributed by atoms with Gasteiger partial charge in [-0.3, -0.25) is 0 Å². The van der Waals surface area contributed by atoms with Crippen molar-refractivity contribution in [2.24, 2.45) is 5.73 Å². The number of rotatable bonds is 0. The van der Waals surface area contributed by atoms with Gasteiger partial charge in [-0.25, -0.2) is 0 Å². The minimum absolute atomic E-state index is 0.269. The highest BCUT2D eigenvalue weighted by Crippen LogP contribution is 2.16. The summed E-state index contributed by atoms with van der Waals surface area (Å²) < 4.78 is 5.35. The van der Waals surface area contributed by atoms with Crippen LogP contribution in [0, 0.1) is 0 Å². The summed E-state index contributed by atoms with van der Waals surface area (Å²) in [5.41, 5.74) is 5.64. The van der Waals surface area contributed by atoms with Crippen LogP contribution in [0.5, 0.6) is 0 Å².